The summed E-state index contributed by atoms with van der Waals surface area (Å²) in [5.41, 5.74) is 2.49. The van der Waals surface area contributed by atoms with E-state index in [1.807, 2.05) is 32.0 Å². The van der Waals surface area contributed by atoms with Crippen LogP contribution < -0.4 is 10.1 Å². The molecule has 4 heteroatoms. The molecule has 0 amide bonds. The van der Waals surface area contributed by atoms with Crippen LogP contribution in [0.5, 0.6) is 5.75 Å². The van der Waals surface area contributed by atoms with Crippen LogP contribution in [0.15, 0.2) is 36.4 Å². The van der Waals surface area contributed by atoms with Crippen LogP contribution >= 0.6 is 11.6 Å². The van der Waals surface area contributed by atoms with Crippen molar-refractivity contribution in [2.75, 3.05) is 11.9 Å². The topological polar surface area (TPSA) is 21.3 Å². The van der Waals surface area contributed by atoms with Crippen molar-refractivity contribution in [1.29, 1.82) is 0 Å². The Morgan fingerprint density at radius 1 is 1.25 bits per heavy atom. The molecule has 0 saturated carbocycles. The van der Waals surface area contributed by atoms with Gasteiger partial charge in [-0.25, -0.2) is 4.39 Å². The molecule has 2 rings (SSSR count). The molecule has 0 saturated heterocycles. The minimum Gasteiger partial charge on any atom is -0.492 e. The van der Waals surface area contributed by atoms with Gasteiger partial charge >= 0.3 is 0 Å². The van der Waals surface area contributed by atoms with Gasteiger partial charge in [-0.1, -0.05) is 29.8 Å². The predicted molar refractivity (Wildman–Crippen MR) is 81.1 cm³/mol. The highest BCUT2D eigenvalue weighted by atomic mass is 35.5. The van der Waals surface area contributed by atoms with Gasteiger partial charge in [0.05, 0.1) is 17.3 Å². The van der Waals surface area contributed by atoms with Gasteiger partial charge in [0, 0.05) is 12.1 Å². The Hall–Kier alpha value is -1.74. The molecular formula is C16H17ClFNO. The largest absolute Gasteiger partial charge is 0.492 e. The molecule has 0 unspecified atom stereocenters. The van der Waals surface area contributed by atoms with E-state index < -0.39 is 0 Å². The smallest absolute Gasteiger partial charge is 0.146 e. The normalized spacial score (nSPS) is 10.4. The Bertz CT molecular complexity index is 601. The molecule has 0 radical (unpaired) electrons. The van der Waals surface area contributed by atoms with Crippen molar-refractivity contribution < 1.29 is 9.13 Å². The second-order valence-electron chi connectivity index (χ2n) is 4.50. The van der Waals surface area contributed by atoms with Crippen LogP contribution in [0.1, 0.15) is 18.1 Å². The molecule has 0 heterocycles. The summed E-state index contributed by atoms with van der Waals surface area (Å²) in [7, 11) is 0. The Morgan fingerprint density at radius 3 is 2.80 bits per heavy atom. The number of ether oxygens (including phenoxy) is 1. The fourth-order valence-corrected chi connectivity index (χ4v) is 2.12. The maximum Gasteiger partial charge on any atom is 0.146 e. The van der Waals surface area contributed by atoms with Crippen molar-refractivity contribution in [3.63, 3.8) is 0 Å². The molecule has 1 N–H and O–H groups in total. The SMILES string of the molecule is CCOc1cc(C)ccc1NCc1cccc(Cl)c1F. The number of hydrogen-bond donors (Lipinski definition) is 1. The Kier molecular flexibility index (Phi) is 4.85. The van der Waals surface area contributed by atoms with Gasteiger partial charge in [-0.05, 0) is 37.6 Å². The van der Waals surface area contributed by atoms with Crippen molar-refractivity contribution in [1.82, 2.24) is 0 Å². The van der Waals surface area contributed by atoms with E-state index in [0.29, 0.717) is 18.7 Å². The minimum atomic E-state index is -0.383. The molecular weight excluding hydrogens is 277 g/mol. The summed E-state index contributed by atoms with van der Waals surface area (Å²) < 4.78 is 19.4. The molecule has 2 aromatic rings. The van der Waals surface area contributed by atoms with Gasteiger partial charge in [0.2, 0.25) is 0 Å². The lowest BCUT2D eigenvalue weighted by Gasteiger charge is -2.13. The monoisotopic (exact) mass is 293 g/mol. The van der Waals surface area contributed by atoms with Crippen LogP contribution in [0, 0.1) is 12.7 Å². The zero-order valence-corrected chi connectivity index (χ0v) is 12.3. The lowest BCUT2D eigenvalue weighted by molar-refractivity contribution is 0.341. The third-order valence-corrected chi connectivity index (χ3v) is 3.23. The van der Waals surface area contributed by atoms with Gasteiger partial charge in [0.1, 0.15) is 11.6 Å². The summed E-state index contributed by atoms with van der Waals surface area (Å²) in [4.78, 5) is 0. The number of hydrogen-bond acceptors (Lipinski definition) is 2. The van der Waals surface area contributed by atoms with E-state index in [-0.39, 0.29) is 10.8 Å². The summed E-state index contributed by atoms with van der Waals surface area (Å²) >= 11 is 5.77. The zero-order chi connectivity index (χ0) is 14.5. The lowest BCUT2D eigenvalue weighted by Crippen LogP contribution is -2.04. The summed E-state index contributed by atoms with van der Waals surface area (Å²) in [6.07, 6.45) is 0. The standard InChI is InChI=1S/C16H17ClFNO/c1-3-20-15-9-11(2)7-8-14(15)19-10-12-5-4-6-13(17)16(12)18/h4-9,19H,3,10H2,1-2H3. The fraction of sp³-hybridized carbons (Fsp3) is 0.250. The number of benzene rings is 2. The van der Waals surface area contributed by atoms with Gasteiger partial charge in [-0.3, -0.25) is 0 Å². The number of rotatable bonds is 5. The molecule has 0 aliphatic rings. The van der Waals surface area contributed by atoms with Crippen molar-refractivity contribution >= 4 is 17.3 Å². The van der Waals surface area contributed by atoms with E-state index in [1.54, 1.807) is 12.1 Å². The molecule has 0 aliphatic heterocycles. The fourth-order valence-electron chi connectivity index (χ4n) is 1.93. The average molecular weight is 294 g/mol. The Morgan fingerprint density at radius 2 is 2.05 bits per heavy atom. The van der Waals surface area contributed by atoms with E-state index in [0.717, 1.165) is 17.0 Å². The van der Waals surface area contributed by atoms with E-state index >= 15 is 0 Å². The van der Waals surface area contributed by atoms with Crippen molar-refractivity contribution in [3.8, 4) is 5.75 Å². The van der Waals surface area contributed by atoms with Gasteiger partial charge in [0.25, 0.3) is 0 Å². The second kappa shape index (κ2) is 6.62. The molecule has 0 bridgehead atoms. The predicted octanol–water partition coefficient (Wildman–Crippen LogP) is 4.80. The summed E-state index contributed by atoms with van der Waals surface area (Å²) in [6.45, 7) is 4.88. The van der Waals surface area contributed by atoms with Crippen molar-refractivity contribution in [2.24, 2.45) is 0 Å². The van der Waals surface area contributed by atoms with Crippen LogP contribution in [0.4, 0.5) is 10.1 Å². The summed E-state index contributed by atoms with van der Waals surface area (Å²) in [5.74, 6) is 0.390. The van der Waals surface area contributed by atoms with E-state index in [2.05, 4.69) is 5.32 Å². The first-order chi connectivity index (χ1) is 9.61. The van der Waals surface area contributed by atoms with E-state index in [1.165, 1.54) is 6.07 Å². The van der Waals surface area contributed by atoms with Crippen LogP contribution in [-0.2, 0) is 6.54 Å². The molecule has 2 aromatic carbocycles. The van der Waals surface area contributed by atoms with Crippen molar-refractivity contribution in [3.05, 3.63) is 58.4 Å². The molecule has 106 valence electrons. The highest BCUT2D eigenvalue weighted by molar-refractivity contribution is 6.30. The first-order valence-electron chi connectivity index (χ1n) is 6.52. The first kappa shape index (κ1) is 14.7. The Labute approximate surface area is 123 Å². The quantitative estimate of drug-likeness (QED) is 0.855. The van der Waals surface area contributed by atoms with Gasteiger partial charge in [0.15, 0.2) is 0 Å². The van der Waals surface area contributed by atoms with Crippen LogP contribution in [0.2, 0.25) is 5.02 Å². The van der Waals surface area contributed by atoms with Gasteiger partial charge in [-0.15, -0.1) is 0 Å². The second-order valence-corrected chi connectivity index (χ2v) is 4.91. The first-order valence-corrected chi connectivity index (χ1v) is 6.89. The van der Waals surface area contributed by atoms with E-state index in [9.17, 15) is 4.39 Å². The third kappa shape index (κ3) is 3.42. The molecule has 0 fully saturated rings. The summed E-state index contributed by atoms with van der Waals surface area (Å²) in [5, 5.41) is 3.32. The average Bonchev–Trinajstić information content (AvgIpc) is 2.42. The molecule has 20 heavy (non-hydrogen) atoms. The third-order valence-electron chi connectivity index (χ3n) is 2.94. The van der Waals surface area contributed by atoms with Crippen LogP contribution in [0.3, 0.4) is 0 Å². The van der Waals surface area contributed by atoms with Crippen molar-refractivity contribution in [2.45, 2.75) is 20.4 Å². The highest BCUT2D eigenvalue weighted by Gasteiger charge is 2.08. The molecule has 0 spiro atoms. The van der Waals surface area contributed by atoms with Crippen LogP contribution in [-0.4, -0.2) is 6.61 Å². The summed E-state index contributed by atoms with van der Waals surface area (Å²) in [6, 6.07) is 10.9. The van der Waals surface area contributed by atoms with E-state index in [4.69, 9.17) is 16.3 Å². The van der Waals surface area contributed by atoms with Crippen LogP contribution in [0.25, 0.3) is 0 Å². The molecule has 0 aromatic heterocycles. The molecule has 0 aliphatic carbocycles. The maximum absolute atomic E-state index is 13.8. The molecule has 0 atom stereocenters. The maximum atomic E-state index is 13.8. The number of aryl methyl sites for hydroxylation is 1. The number of anilines is 1. The number of nitrogens with one attached hydrogen (secondary N) is 1. The van der Waals surface area contributed by atoms with Gasteiger partial charge < -0.3 is 10.1 Å². The molecule has 2 nitrogen and oxygen atoms in total. The minimum absolute atomic E-state index is 0.137. The Balaban J connectivity index is 2.16. The lowest BCUT2D eigenvalue weighted by atomic mass is 10.2. The van der Waals surface area contributed by atoms with Gasteiger partial charge in [-0.2, -0.15) is 0 Å². The highest BCUT2D eigenvalue weighted by Crippen LogP contribution is 2.27. The zero-order valence-electron chi connectivity index (χ0n) is 11.5. The number of halogens is 2.